The van der Waals surface area contributed by atoms with Crippen LogP contribution in [0.15, 0.2) is 24.3 Å². The molecule has 1 aromatic rings. The minimum atomic E-state index is -0.228. The molecule has 0 bridgehead atoms. The predicted molar refractivity (Wildman–Crippen MR) is 73.4 cm³/mol. The van der Waals surface area contributed by atoms with Gasteiger partial charge in [-0.2, -0.15) is 0 Å². The molecule has 0 saturated carbocycles. The first kappa shape index (κ1) is 14.9. The first-order valence-electron chi connectivity index (χ1n) is 6.44. The fourth-order valence-corrected chi connectivity index (χ4v) is 1.97. The van der Waals surface area contributed by atoms with Crippen molar-refractivity contribution >= 4 is 5.69 Å². The highest BCUT2D eigenvalue weighted by Crippen LogP contribution is 2.14. The van der Waals surface area contributed by atoms with Crippen LogP contribution in [0.5, 0.6) is 0 Å². The maximum atomic E-state index is 12.9. The summed E-state index contributed by atoms with van der Waals surface area (Å²) in [6.45, 7) is 7.77. The van der Waals surface area contributed by atoms with Gasteiger partial charge in [-0.05, 0) is 31.2 Å². The van der Waals surface area contributed by atoms with Gasteiger partial charge in [0, 0.05) is 30.9 Å². The average molecular weight is 254 g/mol. The Morgan fingerprint density at radius 2 is 1.89 bits per heavy atom. The van der Waals surface area contributed by atoms with Crippen molar-refractivity contribution < 1.29 is 9.50 Å². The summed E-state index contributed by atoms with van der Waals surface area (Å²) in [5.74, 6) is -0.228. The van der Waals surface area contributed by atoms with Gasteiger partial charge in [0.05, 0.1) is 6.61 Å². The van der Waals surface area contributed by atoms with E-state index in [4.69, 9.17) is 0 Å². The molecule has 1 unspecified atom stereocenters. The topological polar surface area (TPSA) is 35.5 Å². The highest BCUT2D eigenvalue weighted by atomic mass is 19.1. The van der Waals surface area contributed by atoms with Gasteiger partial charge in [-0.15, -0.1) is 0 Å². The Morgan fingerprint density at radius 3 is 2.33 bits per heavy atom. The summed E-state index contributed by atoms with van der Waals surface area (Å²) in [6, 6.07) is 6.80. The van der Waals surface area contributed by atoms with Crippen LogP contribution in [0.4, 0.5) is 10.1 Å². The van der Waals surface area contributed by atoms with Gasteiger partial charge >= 0.3 is 0 Å². The van der Waals surface area contributed by atoms with Crippen molar-refractivity contribution in [2.45, 2.75) is 32.9 Å². The van der Waals surface area contributed by atoms with Crippen LogP contribution in [0.2, 0.25) is 0 Å². The number of hydrogen-bond donors (Lipinski definition) is 2. The van der Waals surface area contributed by atoms with Crippen molar-refractivity contribution in [3.63, 3.8) is 0 Å². The SMILES string of the molecule is CCN(CC(CO)NC(C)C)c1ccc(F)cc1. The van der Waals surface area contributed by atoms with Crippen molar-refractivity contribution in [1.82, 2.24) is 5.32 Å². The van der Waals surface area contributed by atoms with Crippen LogP contribution in [0, 0.1) is 5.82 Å². The van der Waals surface area contributed by atoms with E-state index in [1.54, 1.807) is 12.1 Å². The molecule has 0 radical (unpaired) electrons. The molecule has 0 aromatic heterocycles. The summed E-state index contributed by atoms with van der Waals surface area (Å²) in [5.41, 5.74) is 0.975. The lowest BCUT2D eigenvalue weighted by Gasteiger charge is -2.29. The molecule has 0 aliphatic rings. The van der Waals surface area contributed by atoms with Crippen LogP contribution in [0.1, 0.15) is 20.8 Å². The molecule has 0 aliphatic carbocycles. The van der Waals surface area contributed by atoms with Gasteiger partial charge in [0.15, 0.2) is 0 Å². The second kappa shape index (κ2) is 7.34. The number of aliphatic hydroxyl groups is 1. The molecule has 2 N–H and O–H groups in total. The third-order valence-electron chi connectivity index (χ3n) is 2.80. The summed E-state index contributed by atoms with van der Waals surface area (Å²) in [5, 5.41) is 12.7. The number of halogens is 1. The third kappa shape index (κ3) is 4.63. The zero-order valence-corrected chi connectivity index (χ0v) is 11.4. The molecule has 0 spiro atoms. The number of benzene rings is 1. The Hall–Kier alpha value is -1.13. The van der Waals surface area contributed by atoms with E-state index >= 15 is 0 Å². The minimum Gasteiger partial charge on any atom is -0.395 e. The van der Waals surface area contributed by atoms with Crippen LogP contribution in [-0.2, 0) is 0 Å². The van der Waals surface area contributed by atoms with E-state index in [2.05, 4.69) is 24.1 Å². The summed E-state index contributed by atoms with van der Waals surface area (Å²) in [4.78, 5) is 2.12. The van der Waals surface area contributed by atoms with E-state index in [9.17, 15) is 9.50 Å². The van der Waals surface area contributed by atoms with Gasteiger partial charge in [0.2, 0.25) is 0 Å². The number of aliphatic hydroxyl groups excluding tert-OH is 1. The summed E-state index contributed by atoms with van der Waals surface area (Å²) in [7, 11) is 0. The molecular weight excluding hydrogens is 231 g/mol. The Balaban J connectivity index is 2.68. The standard InChI is InChI=1S/C14H23FN2O/c1-4-17(9-13(10-18)16-11(2)3)14-7-5-12(15)6-8-14/h5-8,11,13,16,18H,4,9-10H2,1-3H3. The highest BCUT2D eigenvalue weighted by Gasteiger charge is 2.13. The van der Waals surface area contributed by atoms with Crippen molar-refractivity contribution in [2.75, 3.05) is 24.6 Å². The Kier molecular flexibility index (Phi) is 6.09. The first-order valence-corrected chi connectivity index (χ1v) is 6.44. The fraction of sp³-hybridized carbons (Fsp3) is 0.571. The van der Waals surface area contributed by atoms with E-state index in [1.807, 2.05) is 6.92 Å². The lowest BCUT2D eigenvalue weighted by Crippen LogP contribution is -2.46. The van der Waals surface area contributed by atoms with Crippen LogP contribution in [0.25, 0.3) is 0 Å². The number of nitrogens with zero attached hydrogens (tertiary/aromatic N) is 1. The van der Waals surface area contributed by atoms with E-state index in [0.29, 0.717) is 12.6 Å². The molecular formula is C14H23FN2O. The zero-order valence-electron chi connectivity index (χ0n) is 11.4. The second-order valence-electron chi connectivity index (χ2n) is 4.72. The van der Waals surface area contributed by atoms with Gasteiger partial charge in [0.1, 0.15) is 5.82 Å². The van der Waals surface area contributed by atoms with Gasteiger partial charge < -0.3 is 15.3 Å². The van der Waals surface area contributed by atoms with Crippen molar-refractivity contribution in [3.05, 3.63) is 30.1 Å². The van der Waals surface area contributed by atoms with E-state index < -0.39 is 0 Å². The van der Waals surface area contributed by atoms with Gasteiger partial charge in [-0.3, -0.25) is 0 Å². The molecule has 3 nitrogen and oxygen atoms in total. The molecule has 18 heavy (non-hydrogen) atoms. The number of hydrogen-bond acceptors (Lipinski definition) is 3. The summed E-state index contributed by atoms with van der Waals surface area (Å²) >= 11 is 0. The fourth-order valence-electron chi connectivity index (χ4n) is 1.97. The average Bonchev–Trinajstić information content (AvgIpc) is 2.35. The maximum absolute atomic E-state index is 12.9. The third-order valence-corrected chi connectivity index (χ3v) is 2.80. The van der Waals surface area contributed by atoms with E-state index in [-0.39, 0.29) is 18.5 Å². The Morgan fingerprint density at radius 1 is 1.28 bits per heavy atom. The van der Waals surface area contributed by atoms with Crippen molar-refractivity contribution in [1.29, 1.82) is 0 Å². The molecule has 1 aromatic carbocycles. The molecule has 0 fully saturated rings. The quantitative estimate of drug-likeness (QED) is 0.781. The van der Waals surface area contributed by atoms with E-state index in [1.165, 1.54) is 12.1 Å². The lowest BCUT2D eigenvalue weighted by molar-refractivity contribution is 0.237. The predicted octanol–water partition coefficient (Wildman–Crippen LogP) is 2.01. The van der Waals surface area contributed by atoms with Crippen LogP contribution >= 0.6 is 0 Å². The number of likely N-dealkylation sites (N-methyl/N-ethyl adjacent to an activating group) is 1. The van der Waals surface area contributed by atoms with Crippen LogP contribution < -0.4 is 10.2 Å². The minimum absolute atomic E-state index is 0.0232. The van der Waals surface area contributed by atoms with E-state index in [0.717, 1.165) is 12.2 Å². The molecule has 0 saturated heterocycles. The van der Waals surface area contributed by atoms with Crippen molar-refractivity contribution in [3.8, 4) is 0 Å². The molecule has 4 heteroatoms. The van der Waals surface area contributed by atoms with Crippen LogP contribution in [-0.4, -0.2) is 36.9 Å². The molecule has 0 amide bonds. The van der Waals surface area contributed by atoms with Gasteiger partial charge in [-0.25, -0.2) is 4.39 Å². The Labute approximate surface area is 109 Å². The molecule has 1 atom stereocenters. The molecule has 1 rings (SSSR count). The molecule has 0 aliphatic heterocycles. The molecule has 102 valence electrons. The number of nitrogens with one attached hydrogen (secondary N) is 1. The van der Waals surface area contributed by atoms with Gasteiger partial charge in [-0.1, -0.05) is 13.8 Å². The normalized spacial score (nSPS) is 12.8. The summed E-state index contributed by atoms with van der Waals surface area (Å²) < 4.78 is 12.9. The Bertz CT molecular complexity index is 340. The number of anilines is 1. The maximum Gasteiger partial charge on any atom is 0.123 e. The lowest BCUT2D eigenvalue weighted by atomic mass is 10.2. The molecule has 0 heterocycles. The monoisotopic (exact) mass is 254 g/mol. The number of rotatable bonds is 7. The zero-order chi connectivity index (χ0) is 13.5. The van der Waals surface area contributed by atoms with Gasteiger partial charge in [0.25, 0.3) is 0 Å². The largest absolute Gasteiger partial charge is 0.395 e. The first-order chi connectivity index (χ1) is 8.56. The van der Waals surface area contributed by atoms with Crippen molar-refractivity contribution in [2.24, 2.45) is 0 Å². The summed E-state index contributed by atoms with van der Waals surface area (Å²) in [6.07, 6.45) is 0. The second-order valence-corrected chi connectivity index (χ2v) is 4.72. The van der Waals surface area contributed by atoms with Crippen LogP contribution in [0.3, 0.4) is 0 Å². The smallest absolute Gasteiger partial charge is 0.123 e. The highest BCUT2D eigenvalue weighted by molar-refractivity contribution is 5.46.